The van der Waals surface area contributed by atoms with Gasteiger partial charge in [0.05, 0.1) is 11.7 Å². The Balaban J connectivity index is 2.33. The van der Waals surface area contributed by atoms with E-state index in [1.165, 1.54) is 18.4 Å². The molecule has 0 bridgehead atoms. The smallest absolute Gasteiger partial charge is 0.0540 e. The van der Waals surface area contributed by atoms with Gasteiger partial charge in [0, 0.05) is 18.3 Å². The van der Waals surface area contributed by atoms with Gasteiger partial charge in [0.2, 0.25) is 0 Å². The SMILES string of the molecule is CCCn1cc(C2(C(C)(C)C)CCCN2)cn1. The molecule has 1 N–H and O–H groups in total. The zero-order valence-corrected chi connectivity index (χ0v) is 11.6. The summed E-state index contributed by atoms with van der Waals surface area (Å²) in [4.78, 5) is 0. The van der Waals surface area contributed by atoms with Crippen LogP contribution in [0.5, 0.6) is 0 Å². The molecule has 1 aromatic heterocycles. The van der Waals surface area contributed by atoms with E-state index in [0.29, 0.717) is 0 Å². The first-order chi connectivity index (χ1) is 7.99. The van der Waals surface area contributed by atoms with E-state index < -0.39 is 0 Å². The number of nitrogens with zero attached hydrogens (tertiary/aromatic N) is 2. The first-order valence-corrected chi connectivity index (χ1v) is 6.77. The van der Waals surface area contributed by atoms with E-state index in [4.69, 9.17) is 0 Å². The third kappa shape index (κ3) is 2.13. The van der Waals surface area contributed by atoms with Crippen LogP contribution in [0.4, 0.5) is 0 Å². The van der Waals surface area contributed by atoms with Crippen molar-refractivity contribution in [3.8, 4) is 0 Å². The van der Waals surface area contributed by atoms with Gasteiger partial charge in [-0.3, -0.25) is 4.68 Å². The monoisotopic (exact) mass is 235 g/mol. The first kappa shape index (κ1) is 12.6. The summed E-state index contributed by atoms with van der Waals surface area (Å²) in [7, 11) is 0. The van der Waals surface area contributed by atoms with Crippen molar-refractivity contribution in [1.82, 2.24) is 15.1 Å². The molecule has 1 aliphatic rings. The topological polar surface area (TPSA) is 29.9 Å². The largest absolute Gasteiger partial charge is 0.307 e. The molecule has 0 spiro atoms. The van der Waals surface area contributed by atoms with Crippen LogP contribution in [0.2, 0.25) is 0 Å². The summed E-state index contributed by atoms with van der Waals surface area (Å²) >= 11 is 0. The molecule has 2 rings (SSSR count). The Bertz CT molecular complexity index is 367. The van der Waals surface area contributed by atoms with E-state index in [0.717, 1.165) is 19.5 Å². The zero-order chi connectivity index (χ0) is 12.5. The molecule has 0 saturated carbocycles. The fraction of sp³-hybridized carbons (Fsp3) is 0.786. The van der Waals surface area contributed by atoms with Crippen molar-refractivity contribution in [2.75, 3.05) is 6.54 Å². The fourth-order valence-electron chi connectivity index (χ4n) is 3.00. The molecule has 1 aromatic rings. The Hall–Kier alpha value is -0.830. The van der Waals surface area contributed by atoms with E-state index >= 15 is 0 Å². The van der Waals surface area contributed by atoms with Crippen molar-refractivity contribution in [3.63, 3.8) is 0 Å². The van der Waals surface area contributed by atoms with Gasteiger partial charge in [0.1, 0.15) is 0 Å². The van der Waals surface area contributed by atoms with Crippen LogP contribution in [-0.2, 0) is 12.1 Å². The van der Waals surface area contributed by atoms with Gasteiger partial charge in [-0.25, -0.2) is 0 Å². The fourth-order valence-corrected chi connectivity index (χ4v) is 3.00. The summed E-state index contributed by atoms with van der Waals surface area (Å²) in [6.07, 6.45) is 7.90. The molecule has 17 heavy (non-hydrogen) atoms. The predicted octanol–water partition coefficient (Wildman–Crippen LogP) is 2.92. The average Bonchev–Trinajstić information content (AvgIpc) is 2.83. The molecular formula is C14H25N3. The lowest BCUT2D eigenvalue weighted by Crippen LogP contribution is -2.47. The van der Waals surface area contributed by atoms with Crippen molar-refractivity contribution in [2.45, 2.75) is 59.0 Å². The van der Waals surface area contributed by atoms with E-state index in [1.807, 2.05) is 0 Å². The van der Waals surface area contributed by atoms with Gasteiger partial charge in [0.15, 0.2) is 0 Å². The van der Waals surface area contributed by atoms with Crippen molar-refractivity contribution in [1.29, 1.82) is 0 Å². The van der Waals surface area contributed by atoms with Crippen LogP contribution < -0.4 is 5.32 Å². The molecule has 1 fully saturated rings. The Labute approximate surface area is 105 Å². The number of rotatable bonds is 3. The first-order valence-electron chi connectivity index (χ1n) is 6.77. The van der Waals surface area contributed by atoms with Crippen LogP contribution in [0.25, 0.3) is 0 Å². The maximum Gasteiger partial charge on any atom is 0.0540 e. The van der Waals surface area contributed by atoms with Gasteiger partial charge < -0.3 is 5.32 Å². The van der Waals surface area contributed by atoms with Crippen LogP contribution in [0.3, 0.4) is 0 Å². The minimum absolute atomic E-state index is 0.110. The standard InChI is InChI=1S/C14H25N3/c1-5-9-17-11-12(10-16-17)14(13(2,3)4)7-6-8-15-14/h10-11,15H,5-9H2,1-4H3. The van der Waals surface area contributed by atoms with Crippen molar-refractivity contribution in [2.24, 2.45) is 5.41 Å². The highest BCUT2D eigenvalue weighted by Crippen LogP contribution is 2.45. The van der Waals surface area contributed by atoms with Crippen molar-refractivity contribution in [3.05, 3.63) is 18.0 Å². The molecule has 3 nitrogen and oxygen atoms in total. The Kier molecular flexibility index (Phi) is 3.30. The van der Waals surface area contributed by atoms with E-state index in [9.17, 15) is 0 Å². The quantitative estimate of drug-likeness (QED) is 0.873. The highest BCUT2D eigenvalue weighted by atomic mass is 15.3. The number of hydrogen-bond donors (Lipinski definition) is 1. The number of nitrogens with one attached hydrogen (secondary N) is 1. The van der Waals surface area contributed by atoms with Crippen molar-refractivity contribution < 1.29 is 0 Å². The number of aryl methyl sites for hydroxylation is 1. The van der Waals surface area contributed by atoms with Gasteiger partial charge in [-0.1, -0.05) is 27.7 Å². The highest BCUT2D eigenvalue weighted by molar-refractivity contribution is 5.23. The van der Waals surface area contributed by atoms with Gasteiger partial charge in [-0.2, -0.15) is 5.10 Å². The summed E-state index contributed by atoms with van der Waals surface area (Å²) in [5.74, 6) is 0. The maximum absolute atomic E-state index is 4.49. The summed E-state index contributed by atoms with van der Waals surface area (Å²) < 4.78 is 2.07. The molecule has 1 saturated heterocycles. The Morgan fingerprint density at radius 2 is 2.24 bits per heavy atom. The molecule has 0 aromatic carbocycles. The predicted molar refractivity (Wildman–Crippen MR) is 70.9 cm³/mol. The molecule has 1 atom stereocenters. The molecule has 1 unspecified atom stereocenters. The van der Waals surface area contributed by atoms with Gasteiger partial charge in [-0.15, -0.1) is 0 Å². The van der Waals surface area contributed by atoms with Crippen LogP contribution in [-0.4, -0.2) is 16.3 Å². The maximum atomic E-state index is 4.49. The minimum Gasteiger partial charge on any atom is -0.307 e. The van der Waals surface area contributed by atoms with Gasteiger partial charge in [0.25, 0.3) is 0 Å². The molecule has 3 heteroatoms. The van der Waals surface area contributed by atoms with Gasteiger partial charge >= 0.3 is 0 Å². The molecule has 0 amide bonds. The molecule has 0 aliphatic carbocycles. The Morgan fingerprint density at radius 3 is 2.76 bits per heavy atom. The zero-order valence-electron chi connectivity index (χ0n) is 11.6. The highest BCUT2D eigenvalue weighted by Gasteiger charge is 2.45. The third-order valence-electron chi connectivity index (χ3n) is 4.01. The van der Waals surface area contributed by atoms with Crippen LogP contribution in [0.15, 0.2) is 12.4 Å². The third-order valence-corrected chi connectivity index (χ3v) is 4.01. The molecule has 2 heterocycles. The van der Waals surface area contributed by atoms with E-state index in [2.05, 4.69) is 55.2 Å². The Morgan fingerprint density at radius 1 is 1.47 bits per heavy atom. The molecule has 0 radical (unpaired) electrons. The molecule has 96 valence electrons. The van der Waals surface area contributed by atoms with Crippen LogP contribution in [0, 0.1) is 5.41 Å². The van der Waals surface area contributed by atoms with Gasteiger partial charge in [-0.05, 0) is 31.2 Å². The minimum atomic E-state index is 0.110. The van der Waals surface area contributed by atoms with Crippen LogP contribution >= 0.6 is 0 Å². The lowest BCUT2D eigenvalue weighted by Gasteiger charge is -2.41. The molecule has 1 aliphatic heterocycles. The van der Waals surface area contributed by atoms with E-state index in [-0.39, 0.29) is 11.0 Å². The number of hydrogen-bond acceptors (Lipinski definition) is 2. The summed E-state index contributed by atoms with van der Waals surface area (Å²) in [6.45, 7) is 11.3. The average molecular weight is 235 g/mol. The molecular weight excluding hydrogens is 210 g/mol. The summed E-state index contributed by atoms with van der Waals surface area (Å²) in [6, 6.07) is 0. The second kappa shape index (κ2) is 4.45. The van der Waals surface area contributed by atoms with E-state index in [1.54, 1.807) is 0 Å². The summed E-state index contributed by atoms with van der Waals surface area (Å²) in [5, 5.41) is 8.21. The lowest BCUT2D eigenvalue weighted by molar-refractivity contribution is 0.160. The lowest BCUT2D eigenvalue weighted by atomic mass is 9.69. The van der Waals surface area contributed by atoms with Crippen LogP contribution in [0.1, 0.15) is 52.5 Å². The normalized spacial score (nSPS) is 25.4. The second-order valence-corrected chi connectivity index (χ2v) is 6.18. The number of aromatic nitrogens is 2. The summed E-state index contributed by atoms with van der Waals surface area (Å²) in [5.41, 5.74) is 1.69. The van der Waals surface area contributed by atoms with Crippen molar-refractivity contribution >= 4 is 0 Å². The second-order valence-electron chi connectivity index (χ2n) is 6.18.